The molecule has 1 aromatic carbocycles. The largest absolute Gasteiger partial charge is 0.351 e. The van der Waals surface area contributed by atoms with Gasteiger partial charge in [0.25, 0.3) is 0 Å². The molecule has 2 atom stereocenters. The van der Waals surface area contributed by atoms with Crippen LogP contribution in [0.1, 0.15) is 13.8 Å². The van der Waals surface area contributed by atoms with Gasteiger partial charge in [0.15, 0.2) is 0 Å². The number of hydrogen-bond acceptors (Lipinski definition) is 3. The van der Waals surface area contributed by atoms with Gasteiger partial charge in [-0.05, 0) is 26.0 Å². The van der Waals surface area contributed by atoms with Crippen LogP contribution < -0.4 is 11.1 Å². The Morgan fingerprint density at radius 1 is 1.47 bits per heavy atom. The Labute approximate surface area is 111 Å². The van der Waals surface area contributed by atoms with Crippen LogP contribution in [0.3, 0.4) is 0 Å². The Morgan fingerprint density at radius 3 is 2.71 bits per heavy atom. The minimum atomic E-state index is -0.191. The highest BCUT2D eigenvalue weighted by Crippen LogP contribution is 2.29. The maximum absolute atomic E-state index is 11.8. The molecule has 0 aromatic heterocycles. The molecule has 0 bridgehead atoms. The molecule has 5 heteroatoms. The van der Waals surface area contributed by atoms with Gasteiger partial charge < -0.3 is 11.1 Å². The number of nitrogens with one attached hydrogen (secondary N) is 1. The van der Waals surface area contributed by atoms with Crippen LogP contribution in [0, 0.1) is 0 Å². The number of halogens is 1. The normalized spacial score (nSPS) is 14.1. The Bertz CT molecular complexity index is 387. The summed E-state index contributed by atoms with van der Waals surface area (Å²) in [5, 5.41) is 3.32. The summed E-state index contributed by atoms with van der Waals surface area (Å²) in [7, 11) is 0. The first-order chi connectivity index (χ1) is 8.04. The summed E-state index contributed by atoms with van der Waals surface area (Å²) in [6, 6.07) is 7.49. The van der Waals surface area contributed by atoms with Crippen molar-refractivity contribution in [3.8, 4) is 0 Å². The van der Waals surface area contributed by atoms with E-state index in [1.807, 2.05) is 38.1 Å². The van der Waals surface area contributed by atoms with Crippen molar-refractivity contribution in [2.24, 2.45) is 5.73 Å². The van der Waals surface area contributed by atoms with E-state index in [0.717, 1.165) is 4.90 Å². The number of benzene rings is 1. The van der Waals surface area contributed by atoms with Crippen molar-refractivity contribution >= 4 is 29.3 Å². The summed E-state index contributed by atoms with van der Waals surface area (Å²) in [5.74, 6) is -0.0205. The third-order valence-electron chi connectivity index (χ3n) is 2.25. The molecule has 1 aromatic rings. The molecule has 0 spiro atoms. The molecule has 0 aliphatic carbocycles. The van der Waals surface area contributed by atoms with Crippen LogP contribution in [0.25, 0.3) is 0 Å². The van der Waals surface area contributed by atoms with Crippen molar-refractivity contribution < 1.29 is 4.79 Å². The van der Waals surface area contributed by atoms with Crippen LogP contribution in [-0.4, -0.2) is 23.7 Å². The zero-order chi connectivity index (χ0) is 12.8. The molecular weight excluding hydrogens is 256 g/mol. The molecule has 0 aliphatic rings. The molecule has 17 heavy (non-hydrogen) atoms. The Morgan fingerprint density at radius 2 is 2.12 bits per heavy atom. The number of nitrogens with two attached hydrogens (primary N) is 1. The van der Waals surface area contributed by atoms with E-state index < -0.39 is 0 Å². The Kier molecular flexibility index (Phi) is 5.82. The Balaban J connectivity index is 2.57. The molecule has 3 N–H and O–H groups in total. The van der Waals surface area contributed by atoms with Gasteiger partial charge in [0.2, 0.25) is 5.91 Å². The van der Waals surface area contributed by atoms with Crippen LogP contribution >= 0.6 is 23.4 Å². The predicted octanol–water partition coefficient (Wildman–Crippen LogP) is 2.28. The van der Waals surface area contributed by atoms with Crippen molar-refractivity contribution in [3.05, 3.63) is 29.3 Å². The molecule has 0 saturated carbocycles. The molecule has 1 rings (SSSR count). The van der Waals surface area contributed by atoms with Crippen LogP contribution in [-0.2, 0) is 4.79 Å². The second kappa shape index (κ2) is 6.89. The fraction of sp³-hybridized carbons (Fsp3) is 0.417. The van der Waals surface area contributed by atoms with Gasteiger partial charge in [0, 0.05) is 17.5 Å². The lowest BCUT2D eigenvalue weighted by Gasteiger charge is -2.16. The van der Waals surface area contributed by atoms with Crippen molar-refractivity contribution in [3.63, 3.8) is 0 Å². The standard InChI is InChI=1S/C12H17ClN2OS/c1-8(7-14)15-12(16)9(2)17-11-6-4-3-5-10(11)13/h3-6,8-9H,7,14H2,1-2H3,(H,15,16)/t8-,9?/m0/s1. The lowest BCUT2D eigenvalue weighted by Crippen LogP contribution is -2.41. The fourth-order valence-corrected chi connectivity index (χ4v) is 2.37. The van der Waals surface area contributed by atoms with Crippen molar-refractivity contribution in [1.82, 2.24) is 5.32 Å². The van der Waals surface area contributed by atoms with Crippen LogP contribution in [0.2, 0.25) is 5.02 Å². The SMILES string of the molecule is CC(Sc1ccccc1Cl)C(=O)N[C@@H](C)CN. The van der Waals surface area contributed by atoms with E-state index in [1.54, 1.807) is 0 Å². The van der Waals surface area contributed by atoms with Gasteiger partial charge in [-0.25, -0.2) is 0 Å². The second-order valence-corrected chi connectivity index (χ2v) is 5.63. The number of thioether (sulfide) groups is 1. The molecule has 0 fully saturated rings. The van der Waals surface area contributed by atoms with Gasteiger partial charge in [0.05, 0.1) is 10.3 Å². The molecule has 3 nitrogen and oxygen atoms in total. The minimum Gasteiger partial charge on any atom is -0.351 e. The maximum atomic E-state index is 11.8. The molecular formula is C12H17ClN2OS. The average Bonchev–Trinajstić information content (AvgIpc) is 2.31. The van der Waals surface area contributed by atoms with Crippen LogP contribution in [0.5, 0.6) is 0 Å². The first-order valence-corrected chi connectivity index (χ1v) is 6.72. The fourth-order valence-electron chi connectivity index (χ4n) is 1.20. The van der Waals surface area contributed by atoms with Gasteiger partial charge >= 0.3 is 0 Å². The molecule has 1 amide bonds. The first kappa shape index (κ1) is 14.4. The van der Waals surface area contributed by atoms with E-state index in [0.29, 0.717) is 11.6 Å². The summed E-state index contributed by atoms with van der Waals surface area (Å²) in [6.07, 6.45) is 0. The highest BCUT2D eigenvalue weighted by Gasteiger charge is 2.16. The smallest absolute Gasteiger partial charge is 0.233 e. The molecule has 1 unspecified atom stereocenters. The van der Waals surface area contributed by atoms with Crippen molar-refractivity contribution in [1.29, 1.82) is 0 Å². The molecule has 0 radical (unpaired) electrons. The Hall–Kier alpha value is -0.710. The van der Waals surface area contributed by atoms with E-state index in [9.17, 15) is 4.79 Å². The van der Waals surface area contributed by atoms with E-state index in [1.165, 1.54) is 11.8 Å². The third kappa shape index (κ3) is 4.58. The van der Waals surface area contributed by atoms with E-state index >= 15 is 0 Å². The van der Waals surface area contributed by atoms with Crippen molar-refractivity contribution in [2.75, 3.05) is 6.54 Å². The number of carbonyl (C=O) groups excluding carboxylic acids is 1. The highest BCUT2D eigenvalue weighted by atomic mass is 35.5. The zero-order valence-electron chi connectivity index (χ0n) is 9.94. The van der Waals surface area contributed by atoms with Crippen LogP contribution in [0.15, 0.2) is 29.2 Å². The van der Waals surface area contributed by atoms with Gasteiger partial charge in [0.1, 0.15) is 0 Å². The first-order valence-electron chi connectivity index (χ1n) is 5.46. The second-order valence-electron chi connectivity index (χ2n) is 3.84. The minimum absolute atomic E-state index is 0.00297. The summed E-state index contributed by atoms with van der Waals surface area (Å²) >= 11 is 7.48. The van der Waals surface area contributed by atoms with Gasteiger partial charge in [-0.1, -0.05) is 23.7 Å². The molecule has 94 valence electrons. The number of rotatable bonds is 5. The molecule has 0 heterocycles. The topological polar surface area (TPSA) is 55.1 Å². The lowest BCUT2D eigenvalue weighted by atomic mass is 10.3. The van der Waals surface area contributed by atoms with E-state index in [2.05, 4.69) is 5.32 Å². The van der Waals surface area contributed by atoms with Gasteiger partial charge in [-0.2, -0.15) is 0 Å². The quantitative estimate of drug-likeness (QED) is 0.809. The zero-order valence-corrected chi connectivity index (χ0v) is 11.5. The number of carbonyl (C=O) groups is 1. The summed E-state index contributed by atoms with van der Waals surface area (Å²) < 4.78 is 0. The van der Waals surface area contributed by atoms with Gasteiger partial charge in [-0.3, -0.25) is 4.79 Å². The number of amides is 1. The monoisotopic (exact) mass is 272 g/mol. The summed E-state index contributed by atoms with van der Waals surface area (Å²) in [6.45, 7) is 4.17. The maximum Gasteiger partial charge on any atom is 0.233 e. The molecule has 0 aliphatic heterocycles. The van der Waals surface area contributed by atoms with E-state index in [-0.39, 0.29) is 17.2 Å². The highest BCUT2D eigenvalue weighted by molar-refractivity contribution is 8.00. The average molecular weight is 273 g/mol. The third-order valence-corrected chi connectivity index (χ3v) is 3.87. The predicted molar refractivity (Wildman–Crippen MR) is 73.4 cm³/mol. The summed E-state index contributed by atoms with van der Waals surface area (Å²) in [5.41, 5.74) is 5.45. The number of hydrogen-bond donors (Lipinski definition) is 2. The van der Waals surface area contributed by atoms with Crippen molar-refractivity contribution in [2.45, 2.75) is 30.0 Å². The lowest BCUT2D eigenvalue weighted by molar-refractivity contribution is -0.120. The van der Waals surface area contributed by atoms with E-state index in [4.69, 9.17) is 17.3 Å². The van der Waals surface area contributed by atoms with Gasteiger partial charge in [-0.15, -0.1) is 11.8 Å². The van der Waals surface area contributed by atoms with Crippen LogP contribution in [0.4, 0.5) is 0 Å². The summed E-state index contributed by atoms with van der Waals surface area (Å²) in [4.78, 5) is 12.7. The molecule has 0 saturated heterocycles.